The highest BCUT2D eigenvalue weighted by Gasteiger charge is 2.21. The van der Waals surface area contributed by atoms with Gasteiger partial charge in [0.1, 0.15) is 19.8 Å². The Morgan fingerprint density at radius 3 is 1.00 bits per heavy atom. The van der Waals surface area contributed by atoms with Crippen LogP contribution in [0.1, 0.15) is 103 Å². The first-order valence-electron chi connectivity index (χ1n) is 23.5. The fourth-order valence-electron chi connectivity index (χ4n) is 4.48. The average molecular weight is 1010 g/mol. The molecule has 0 saturated carbocycles. The van der Waals surface area contributed by atoms with Gasteiger partial charge in [0.25, 0.3) is 0 Å². The molecule has 400 valence electrons. The van der Waals surface area contributed by atoms with E-state index < -0.39 is 41.2 Å². The first kappa shape index (κ1) is 71.2. The van der Waals surface area contributed by atoms with Gasteiger partial charge in [-0.15, -0.1) is 0 Å². The third-order valence-electron chi connectivity index (χ3n) is 8.35. The van der Waals surface area contributed by atoms with Crippen LogP contribution in [0.3, 0.4) is 0 Å². The fraction of sp³-hybridized carbons (Fsp3) is 0.429. The molecule has 0 bridgehead atoms. The van der Waals surface area contributed by atoms with Gasteiger partial charge in [-0.25, -0.2) is 38.4 Å². The van der Waals surface area contributed by atoms with Crippen LogP contribution < -0.4 is 0 Å². The lowest BCUT2D eigenvalue weighted by atomic mass is 9.96. The van der Waals surface area contributed by atoms with Crippen LogP contribution in [-0.4, -0.2) is 94.0 Å². The number of benzene rings is 1. The second-order valence-corrected chi connectivity index (χ2v) is 15.2. The van der Waals surface area contributed by atoms with Crippen molar-refractivity contribution < 1.29 is 76.3 Å². The van der Waals surface area contributed by atoms with Gasteiger partial charge in [0.05, 0.1) is 33.0 Å². The molecule has 72 heavy (non-hydrogen) atoms. The Hall–Kier alpha value is -7.36. The molecule has 0 aliphatic heterocycles. The molecule has 0 spiro atoms. The molecule has 0 amide bonds. The van der Waals surface area contributed by atoms with E-state index >= 15 is 0 Å². The summed E-state index contributed by atoms with van der Waals surface area (Å²) < 4.78 is 38.1. The minimum atomic E-state index is -0.488. The molecule has 0 N–H and O–H groups in total. The summed E-state index contributed by atoms with van der Waals surface area (Å²) in [6.45, 7) is 34.2. The van der Waals surface area contributed by atoms with E-state index in [1.807, 2.05) is 44.2 Å². The molecular weight excluding hydrogens is 929 g/mol. The lowest BCUT2D eigenvalue weighted by Gasteiger charge is -2.22. The summed E-state index contributed by atoms with van der Waals surface area (Å²) in [4.78, 5) is 85.1. The van der Waals surface area contributed by atoms with Crippen molar-refractivity contribution in [1.29, 1.82) is 0 Å². The Morgan fingerprint density at radius 2 is 0.667 bits per heavy atom. The molecule has 16 nitrogen and oxygen atoms in total. The summed E-state index contributed by atoms with van der Waals surface area (Å²) in [5.41, 5.74) is 0.560. The van der Waals surface area contributed by atoms with Gasteiger partial charge >= 0.3 is 47.8 Å². The first-order chi connectivity index (χ1) is 34.4. The number of esters is 8. The maximum atomic E-state index is 10.8. The highest BCUT2D eigenvalue weighted by molar-refractivity contribution is 5.83. The van der Waals surface area contributed by atoms with Crippen molar-refractivity contribution in [3.63, 3.8) is 0 Å². The zero-order valence-corrected chi connectivity index (χ0v) is 43.0. The summed E-state index contributed by atoms with van der Waals surface area (Å²) in [6.07, 6.45) is 26.3. The molecule has 1 aromatic rings. The van der Waals surface area contributed by atoms with E-state index in [4.69, 9.17) is 28.4 Å². The molecule has 0 radical (unpaired) electrons. The predicted molar refractivity (Wildman–Crippen MR) is 279 cm³/mol. The van der Waals surface area contributed by atoms with Crippen LogP contribution in [0.25, 0.3) is 0 Å². The number of carbonyl (C=O) groups is 8. The molecule has 1 rings (SSSR count). The minimum Gasteiger partial charge on any atom is -0.463 e. The van der Waals surface area contributed by atoms with E-state index in [1.54, 1.807) is 12.2 Å². The fourth-order valence-corrected chi connectivity index (χ4v) is 4.48. The molecule has 0 atom stereocenters. The molecule has 0 fully saturated rings. The van der Waals surface area contributed by atoms with Crippen LogP contribution in [0.5, 0.6) is 0 Å². The number of rotatable bonds is 34. The summed E-state index contributed by atoms with van der Waals surface area (Å²) >= 11 is 0. The summed E-state index contributed by atoms with van der Waals surface area (Å²) in [5.74, 6) is -3.52. The van der Waals surface area contributed by atoms with E-state index in [-0.39, 0.29) is 38.4 Å². The Labute approximate surface area is 428 Å². The van der Waals surface area contributed by atoms with Crippen molar-refractivity contribution in [2.24, 2.45) is 5.41 Å². The maximum absolute atomic E-state index is 10.8. The van der Waals surface area contributed by atoms with Gasteiger partial charge in [0.15, 0.2) is 0 Å². The molecule has 0 aliphatic carbocycles. The van der Waals surface area contributed by atoms with Crippen molar-refractivity contribution in [2.45, 2.75) is 104 Å². The smallest absolute Gasteiger partial charge is 0.330 e. The molecule has 1 aromatic carbocycles. The maximum Gasteiger partial charge on any atom is 0.330 e. The SMILES string of the molecule is C=CC(=O)OC/C=C\COC(=O)C=C.C=CC(=O)OCC(C)(C)COC(=O)C=C.C=CC(=O)OCCCCCCCCCCCC.C=CC(=O)OCCCCOC(=O)C=C.C=CC(=O)OCc1ccccc1. The van der Waals surface area contributed by atoms with Gasteiger partial charge in [-0.05, 0) is 37.0 Å². The van der Waals surface area contributed by atoms with Crippen LogP contribution in [0, 0.1) is 5.41 Å². The second kappa shape index (κ2) is 53.0. The second-order valence-electron chi connectivity index (χ2n) is 15.2. The van der Waals surface area contributed by atoms with Crippen molar-refractivity contribution in [2.75, 3.05) is 46.2 Å². The zero-order chi connectivity index (χ0) is 55.1. The number of carbonyl (C=O) groups excluding carboxylic acids is 8. The Bertz CT molecular complexity index is 1720. The summed E-state index contributed by atoms with van der Waals surface area (Å²) in [5, 5.41) is 0. The topological polar surface area (TPSA) is 210 Å². The van der Waals surface area contributed by atoms with E-state index in [0.717, 1.165) is 54.5 Å². The zero-order valence-electron chi connectivity index (χ0n) is 43.0. The number of hydrogen-bond donors (Lipinski definition) is 0. The van der Waals surface area contributed by atoms with Gasteiger partial charge in [-0.1, -0.05) is 162 Å². The number of unbranched alkanes of at least 4 members (excludes halogenated alkanes) is 10. The van der Waals surface area contributed by atoms with Gasteiger partial charge in [0, 0.05) is 54.0 Å². The molecule has 0 aliphatic rings. The van der Waals surface area contributed by atoms with E-state index in [0.29, 0.717) is 39.3 Å². The van der Waals surface area contributed by atoms with Crippen molar-refractivity contribution in [3.05, 3.63) is 149 Å². The summed E-state index contributed by atoms with van der Waals surface area (Å²) in [7, 11) is 0. The number of hydrogen-bond acceptors (Lipinski definition) is 16. The molecule has 0 aromatic heterocycles. The van der Waals surface area contributed by atoms with E-state index in [9.17, 15) is 38.4 Å². The quantitative estimate of drug-likeness (QED) is 0.0207. The van der Waals surface area contributed by atoms with E-state index in [1.165, 1.54) is 63.9 Å². The predicted octanol–water partition coefficient (Wildman–Crippen LogP) is 10.2. The Kier molecular flexibility index (Phi) is 52.4. The van der Waals surface area contributed by atoms with Crippen LogP contribution in [-0.2, 0) is 82.9 Å². The highest BCUT2D eigenvalue weighted by atomic mass is 16.6. The number of ether oxygens (including phenoxy) is 8. The standard InChI is InChI=1S/C15H28O2.C11H16O4.C10H14O4.C10H12O4.C10H10O2/c1-3-5-6-7-8-9-10-11-12-13-14-17-15(16)4-2;1-5-9(12)14-7-11(3,4)8-15-10(13)6-2;2*1-3-9(11)13-7-5-6-8-14-10(12)4-2;1-2-10(11)12-8-9-6-4-3-5-7-9/h4H,2-3,5-14H2,1H3;5-6H,1-2,7-8H2,3-4H3;3-4H,1-2,5-8H2;3-6H,1-2,7-8H2;2-7H,1,8H2/b;;;6-5-;. The van der Waals surface area contributed by atoms with Crippen LogP contribution in [0.15, 0.2) is 144 Å². The molecule has 0 heterocycles. The van der Waals surface area contributed by atoms with Gasteiger partial charge < -0.3 is 37.9 Å². The van der Waals surface area contributed by atoms with Crippen LogP contribution in [0.4, 0.5) is 0 Å². The van der Waals surface area contributed by atoms with Crippen molar-refractivity contribution >= 4 is 47.8 Å². The largest absolute Gasteiger partial charge is 0.463 e. The van der Waals surface area contributed by atoms with Gasteiger partial charge in [0.2, 0.25) is 0 Å². The molecule has 0 saturated heterocycles. The third kappa shape index (κ3) is 57.0. The minimum absolute atomic E-state index is 0.135. The van der Waals surface area contributed by atoms with E-state index in [2.05, 4.69) is 69.0 Å². The highest BCUT2D eigenvalue weighted by Crippen LogP contribution is 2.16. The van der Waals surface area contributed by atoms with Gasteiger partial charge in [-0.2, -0.15) is 0 Å². The first-order valence-corrected chi connectivity index (χ1v) is 23.5. The third-order valence-corrected chi connectivity index (χ3v) is 8.35. The Balaban J connectivity index is -0.000000403. The van der Waals surface area contributed by atoms with Crippen molar-refractivity contribution in [3.8, 4) is 0 Å². The molecule has 0 unspecified atom stereocenters. The Morgan fingerprint density at radius 1 is 0.389 bits per heavy atom. The molecule has 16 heteroatoms. The monoisotopic (exact) mass is 1010 g/mol. The van der Waals surface area contributed by atoms with Crippen LogP contribution >= 0.6 is 0 Å². The lowest BCUT2D eigenvalue weighted by Crippen LogP contribution is -2.27. The molecular formula is C56H80O16. The lowest BCUT2D eigenvalue weighted by molar-refractivity contribution is -0.147. The van der Waals surface area contributed by atoms with Crippen molar-refractivity contribution in [1.82, 2.24) is 0 Å². The normalized spacial score (nSPS) is 9.60. The van der Waals surface area contributed by atoms with Gasteiger partial charge in [-0.3, -0.25) is 0 Å². The summed E-state index contributed by atoms with van der Waals surface area (Å²) in [6, 6.07) is 9.51. The average Bonchev–Trinajstić information content (AvgIpc) is 3.40. The van der Waals surface area contributed by atoms with Crippen LogP contribution in [0.2, 0.25) is 0 Å².